The van der Waals surface area contributed by atoms with E-state index < -0.39 is 21.7 Å². The smallest absolute Gasteiger partial charge is 0.267 e. The molecule has 10 heteroatoms. The molecule has 6 nitrogen and oxygen atoms in total. The Morgan fingerprint density at radius 1 is 1.03 bits per heavy atom. The Hall–Kier alpha value is -2.94. The number of halogens is 3. The average molecular weight is 494 g/mol. The molecule has 0 saturated heterocycles. The molecule has 32 heavy (non-hydrogen) atoms. The number of benzene rings is 3. The van der Waals surface area contributed by atoms with Gasteiger partial charge in [-0.25, -0.2) is 18.2 Å². The van der Waals surface area contributed by atoms with E-state index in [-0.39, 0.29) is 22.7 Å². The fraction of sp³-hybridized carbons (Fsp3) is 0.0909. The Morgan fingerprint density at radius 3 is 2.31 bits per heavy atom. The molecule has 3 rings (SSSR count). The Labute approximate surface area is 195 Å². The molecule has 3 aromatic rings. The van der Waals surface area contributed by atoms with Crippen LogP contribution in [0, 0.1) is 5.82 Å². The van der Waals surface area contributed by atoms with E-state index in [0.717, 1.165) is 12.5 Å². The van der Waals surface area contributed by atoms with Crippen LogP contribution in [0.3, 0.4) is 0 Å². The van der Waals surface area contributed by atoms with Gasteiger partial charge in [0.05, 0.1) is 29.7 Å². The van der Waals surface area contributed by atoms with Crippen LogP contribution in [-0.2, 0) is 16.6 Å². The Bertz CT molecular complexity index is 1250. The first-order valence-electron chi connectivity index (χ1n) is 9.25. The maximum Gasteiger partial charge on any atom is 0.271 e. The number of hydrazone groups is 1. The van der Waals surface area contributed by atoms with Gasteiger partial charge in [0.2, 0.25) is 10.0 Å². The molecule has 0 aromatic heterocycles. The highest BCUT2D eigenvalue weighted by atomic mass is 35.5. The highest BCUT2D eigenvalue weighted by Gasteiger charge is 2.19. The molecular weight excluding hydrogens is 476 g/mol. The summed E-state index contributed by atoms with van der Waals surface area (Å²) in [6.45, 7) is 0.0394. The molecule has 166 valence electrons. The predicted molar refractivity (Wildman–Crippen MR) is 125 cm³/mol. The molecule has 0 unspecified atom stereocenters. The van der Waals surface area contributed by atoms with Crippen molar-refractivity contribution in [1.82, 2.24) is 5.43 Å². The molecule has 1 N–H and O–H groups in total. The number of nitrogens with zero attached hydrogens (tertiary/aromatic N) is 2. The van der Waals surface area contributed by atoms with E-state index in [1.807, 2.05) is 0 Å². The summed E-state index contributed by atoms with van der Waals surface area (Å²) in [6, 6.07) is 17.1. The average Bonchev–Trinajstić information content (AvgIpc) is 2.74. The summed E-state index contributed by atoms with van der Waals surface area (Å²) in [7, 11) is -3.62. The van der Waals surface area contributed by atoms with Gasteiger partial charge >= 0.3 is 0 Å². The molecule has 0 fully saturated rings. The summed E-state index contributed by atoms with van der Waals surface area (Å²) < 4.78 is 39.6. The summed E-state index contributed by atoms with van der Waals surface area (Å²) in [4.78, 5) is 12.3. The van der Waals surface area contributed by atoms with Gasteiger partial charge in [-0.3, -0.25) is 9.10 Å². The van der Waals surface area contributed by atoms with Gasteiger partial charge in [-0.05, 0) is 48.0 Å². The molecule has 0 aliphatic carbocycles. The van der Waals surface area contributed by atoms with Gasteiger partial charge in [0.1, 0.15) is 5.82 Å². The van der Waals surface area contributed by atoms with Gasteiger partial charge in [-0.1, -0.05) is 47.5 Å². The maximum atomic E-state index is 13.7. The van der Waals surface area contributed by atoms with Gasteiger partial charge in [-0.2, -0.15) is 5.10 Å². The summed E-state index contributed by atoms with van der Waals surface area (Å²) >= 11 is 12.1. The lowest BCUT2D eigenvalue weighted by Crippen LogP contribution is -2.29. The molecule has 0 saturated carbocycles. The van der Waals surface area contributed by atoms with Gasteiger partial charge in [0, 0.05) is 16.1 Å². The molecule has 0 atom stereocenters. The van der Waals surface area contributed by atoms with Crippen molar-refractivity contribution in [1.29, 1.82) is 0 Å². The standard InChI is InChI=1S/C22H18Cl2FN3O3S/c1-32(30,31)28(14-16-5-2-3-6-19(16)23)17-11-9-15(10-12-17)22(29)27-26-13-18-20(24)7-4-8-21(18)25/h2-13H,14H2,1H3,(H,27,29)/b26-13+. The van der Waals surface area contributed by atoms with Crippen molar-refractivity contribution in [3.05, 3.63) is 99.3 Å². The number of hydrogen-bond donors (Lipinski definition) is 1. The normalized spacial score (nSPS) is 11.5. The van der Waals surface area contributed by atoms with Crippen LogP contribution in [0.15, 0.2) is 71.8 Å². The second-order valence-corrected chi connectivity index (χ2v) is 9.46. The highest BCUT2D eigenvalue weighted by Crippen LogP contribution is 2.24. The molecule has 0 spiro atoms. The van der Waals surface area contributed by atoms with E-state index in [1.165, 1.54) is 46.8 Å². The number of sulfonamides is 1. The summed E-state index contributed by atoms with van der Waals surface area (Å²) in [5, 5.41) is 4.34. The molecule has 0 bridgehead atoms. The highest BCUT2D eigenvalue weighted by molar-refractivity contribution is 7.92. The first-order chi connectivity index (χ1) is 15.2. The third-order valence-electron chi connectivity index (χ3n) is 4.45. The van der Waals surface area contributed by atoms with Gasteiger partial charge in [0.25, 0.3) is 5.91 Å². The van der Waals surface area contributed by atoms with Crippen molar-refractivity contribution < 1.29 is 17.6 Å². The fourth-order valence-corrected chi connectivity index (χ4v) is 4.10. The van der Waals surface area contributed by atoms with Crippen molar-refractivity contribution >= 4 is 51.0 Å². The van der Waals surface area contributed by atoms with Crippen molar-refractivity contribution in [2.45, 2.75) is 6.54 Å². The van der Waals surface area contributed by atoms with Crippen LogP contribution in [0.2, 0.25) is 10.0 Å². The number of hydrogen-bond acceptors (Lipinski definition) is 4. The summed E-state index contributed by atoms with van der Waals surface area (Å²) in [5.41, 5.74) is 3.57. The van der Waals surface area contributed by atoms with Gasteiger partial charge in [0.15, 0.2) is 0 Å². The van der Waals surface area contributed by atoms with Gasteiger partial charge in [-0.15, -0.1) is 0 Å². The van der Waals surface area contributed by atoms with E-state index in [9.17, 15) is 17.6 Å². The largest absolute Gasteiger partial charge is 0.271 e. The number of rotatable bonds is 7. The maximum absolute atomic E-state index is 13.7. The van der Waals surface area contributed by atoms with E-state index >= 15 is 0 Å². The van der Waals surface area contributed by atoms with Crippen molar-refractivity contribution in [2.75, 3.05) is 10.6 Å². The van der Waals surface area contributed by atoms with Crippen LogP contribution < -0.4 is 9.73 Å². The van der Waals surface area contributed by atoms with Crippen LogP contribution >= 0.6 is 23.2 Å². The van der Waals surface area contributed by atoms with Crippen LogP contribution in [-0.4, -0.2) is 26.8 Å². The van der Waals surface area contributed by atoms with E-state index in [0.29, 0.717) is 16.3 Å². The topological polar surface area (TPSA) is 78.8 Å². The van der Waals surface area contributed by atoms with E-state index in [1.54, 1.807) is 24.3 Å². The zero-order chi connectivity index (χ0) is 23.3. The zero-order valence-electron chi connectivity index (χ0n) is 16.8. The minimum Gasteiger partial charge on any atom is -0.267 e. The summed E-state index contributed by atoms with van der Waals surface area (Å²) in [5.74, 6) is -1.13. The predicted octanol–water partition coefficient (Wildman–Crippen LogP) is 4.86. The lowest BCUT2D eigenvalue weighted by molar-refractivity contribution is 0.0955. The monoisotopic (exact) mass is 493 g/mol. The number of carbonyl (C=O) groups excluding carboxylic acids is 1. The van der Waals surface area contributed by atoms with Crippen molar-refractivity contribution in [3.63, 3.8) is 0 Å². The molecule has 0 radical (unpaired) electrons. The minimum atomic E-state index is -3.62. The second kappa shape index (κ2) is 10.1. The number of anilines is 1. The molecule has 0 heterocycles. The Morgan fingerprint density at radius 2 is 1.69 bits per heavy atom. The van der Waals surface area contributed by atoms with Crippen LogP contribution in [0.25, 0.3) is 0 Å². The molecular formula is C22H18Cl2FN3O3S. The van der Waals surface area contributed by atoms with E-state index in [2.05, 4.69) is 10.5 Å². The Kier molecular flexibility index (Phi) is 7.50. The van der Waals surface area contributed by atoms with Crippen LogP contribution in [0.4, 0.5) is 10.1 Å². The zero-order valence-corrected chi connectivity index (χ0v) is 19.1. The number of nitrogens with one attached hydrogen (secondary N) is 1. The third-order valence-corrected chi connectivity index (χ3v) is 6.29. The number of carbonyl (C=O) groups is 1. The first-order valence-corrected chi connectivity index (χ1v) is 11.9. The van der Waals surface area contributed by atoms with Crippen molar-refractivity contribution in [3.8, 4) is 0 Å². The van der Waals surface area contributed by atoms with Crippen LogP contribution in [0.5, 0.6) is 0 Å². The second-order valence-electron chi connectivity index (χ2n) is 6.74. The van der Waals surface area contributed by atoms with Crippen molar-refractivity contribution in [2.24, 2.45) is 5.10 Å². The molecule has 1 amide bonds. The summed E-state index contributed by atoms with van der Waals surface area (Å²) in [6.07, 6.45) is 2.20. The molecule has 0 aliphatic rings. The quantitative estimate of drug-likeness (QED) is 0.376. The molecule has 3 aromatic carbocycles. The third kappa shape index (κ3) is 5.85. The number of amides is 1. The lowest BCUT2D eigenvalue weighted by Gasteiger charge is -2.23. The lowest BCUT2D eigenvalue weighted by atomic mass is 10.2. The van der Waals surface area contributed by atoms with Crippen LogP contribution in [0.1, 0.15) is 21.5 Å². The van der Waals surface area contributed by atoms with Gasteiger partial charge < -0.3 is 0 Å². The van der Waals surface area contributed by atoms with E-state index in [4.69, 9.17) is 23.2 Å². The first kappa shape index (κ1) is 23.7. The molecule has 0 aliphatic heterocycles. The minimum absolute atomic E-state index is 0.0394. The SMILES string of the molecule is CS(=O)(=O)N(Cc1ccccc1Cl)c1ccc(C(=O)N/N=C/c2c(F)cccc2Cl)cc1. The Balaban J connectivity index is 1.75. The fourth-order valence-electron chi connectivity index (χ4n) is 2.81.